The van der Waals surface area contributed by atoms with Gasteiger partial charge in [0.15, 0.2) is 0 Å². The van der Waals surface area contributed by atoms with Crippen LogP contribution in [0.4, 0.5) is 4.79 Å². The van der Waals surface area contributed by atoms with Crippen molar-refractivity contribution in [3.63, 3.8) is 0 Å². The van der Waals surface area contributed by atoms with E-state index < -0.39 is 24.0 Å². The minimum Gasteiger partial charge on any atom is -0.481 e. The molecule has 2 amide bonds. The lowest BCUT2D eigenvalue weighted by Gasteiger charge is -2.19. The number of carboxylic acids is 1. The van der Waals surface area contributed by atoms with Crippen molar-refractivity contribution in [3.8, 4) is 11.1 Å². The third-order valence-corrected chi connectivity index (χ3v) is 5.20. The number of rotatable bonds is 10. The van der Waals surface area contributed by atoms with Crippen LogP contribution in [0.25, 0.3) is 11.1 Å². The lowest BCUT2D eigenvalue weighted by molar-refractivity contribution is -0.137. The van der Waals surface area contributed by atoms with Crippen molar-refractivity contribution in [2.75, 3.05) is 26.9 Å². The maximum Gasteiger partial charge on any atom is 0.407 e. The van der Waals surface area contributed by atoms with E-state index in [0.717, 1.165) is 22.3 Å². The third kappa shape index (κ3) is 5.61. The number of amides is 2. The number of ether oxygens (including phenoxy) is 2. The molecule has 0 fully saturated rings. The van der Waals surface area contributed by atoms with Crippen LogP contribution >= 0.6 is 0 Å². The number of carboxylic acid groups (broad SMARTS) is 1. The van der Waals surface area contributed by atoms with Crippen LogP contribution in [-0.4, -0.2) is 56.0 Å². The Bertz CT molecular complexity index is 900. The summed E-state index contributed by atoms with van der Waals surface area (Å²) in [6.45, 7) is 0.671. The summed E-state index contributed by atoms with van der Waals surface area (Å²) in [5.41, 5.74) is 4.39. The summed E-state index contributed by atoms with van der Waals surface area (Å²) in [5.74, 6) is -1.64. The second-order valence-corrected chi connectivity index (χ2v) is 7.24. The number of methoxy groups -OCH3 is 1. The molecule has 1 aliphatic carbocycles. The van der Waals surface area contributed by atoms with Crippen LogP contribution in [0.15, 0.2) is 48.5 Å². The van der Waals surface area contributed by atoms with Crippen LogP contribution in [0.5, 0.6) is 0 Å². The van der Waals surface area contributed by atoms with Gasteiger partial charge in [-0.3, -0.25) is 9.59 Å². The predicted molar refractivity (Wildman–Crippen MR) is 114 cm³/mol. The van der Waals surface area contributed by atoms with E-state index in [1.54, 1.807) is 0 Å². The Morgan fingerprint density at radius 2 is 1.65 bits per heavy atom. The zero-order valence-electron chi connectivity index (χ0n) is 17.3. The van der Waals surface area contributed by atoms with Crippen molar-refractivity contribution < 1.29 is 29.0 Å². The van der Waals surface area contributed by atoms with E-state index in [-0.39, 0.29) is 31.9 Å². The van der Waals surface area contributed by atoms with Crippen LogP contribution in [0.3, 0.4) is 0 Å². The van der Waals surface area contributed by atoms with Crippen molar-refractivity contribution in [1.29, 1.82) is 0 Å². The average molecular weight is 426 g/mol. The quantitative estimate of drug-likeness (QED) is 0.503. The standard InChI is InChI=1S/C23H26N2O6/c1-30-13-12-24-22(28)20(10-11-21(26)27)25-23(29)31-14-19-17-8-4-2-6-15(17)16-7-3-5-9-18(16)19/h2-9,19-20H,10-14H2,1H3,(H,24,28)(H,25,29)(H,26,27)/t20-/m0/s1. The number of carbonyl (C=O) groups excluding carboxylic acids is 2. The normalized spacial score (nSPS) is 13.1. The van der Waals surface area contributed by atoms with Crippen LogP contribution in [0, 0.1) is 0 Å². The molecule has 1 atom stereocenters. The molecule has 2 aromatic rings. The van der Waals surface area contributed by atoms with Crippen molar-refractivity contribution in [2.24, 2.45) is 0 Å². The molecule has 1 aliphatic rings. The Balaban J connectivity index is 1.63. The summed E-state index contributed by atoms with van der Waals surface area (Å²) >= 11 is 0. The second kappa shape index (κ2) is 10.6. The Labute approximate surface area is 180 Å². The molecule has 0 aromatic heterocycles. The van der Waals surface area contributed by atoms with Gasteiger partial charge in [0.05, 0.1) is 6.61 Å². The van der Waals surface area contributed by atoms with E-state index in [1.807, 2.05) is 48.5 Å². The van der Waals surface area contributed by atoms with E-state index in [4.69, 9.17) is 14.6 Å². The average Bonchev–Trinajstić information content (AvgIpc) is 3.09. The maximum atomic E-state index is 12.4. The minimum atomic E-state index is -1.05. The van der Waals surface area contributed by atoms with Crippen molar-refractivity contribution >= 4 is 18.0 Å². The highest BCUT2D eigenvalue weighted by atomic mass is 16.5. The smallest absolute Gasteiger partial charge is 0.407 e. The molecule has 3 rings (SSSR count). The molecule has 0 bridgehead atoms. The first-order chi connectivity index (χ1) is 15.0. The zero-order valence-corrected chi connectivity index (χ0v) is 17.3. The molecular weight excluding hydrogens is 400 g/mol. The van der Waals surface area contributed by atoms with Gasteiger partial charge in [-0.05, 0) is 28.7 Å². The molecule has 3 N–H and O–H groups in total. The van der Waals surface area contributed by atoms with Gasteiger partial charge in [-0.25, -0.2) is 4.79 Å². The number of nitrogens with one attached hydrogen (secondary N) is 2. The molecule has 2 aromatic carbocycles. The van der Waals surface area contributed by atoms with E-state index in [9.17, 15) is 14.4 Å². The van der Waals surface area contributed by atoms with Gasteiger partial charge in [0.1, 0.15) is 12.6 Å². The number of hydrogen-bond donors (Lipinski definition) is 3. The van der Waals surface area contributed by atoms with Crippen LogP contribution in [-0.2, 0) is 19.1 Å². The van der Waals surface area contributed by atoms with Gasteiger partial charge in [-0.2, -0.15) is 0 Å². The van der Waals surface area contributed by atoms with E-state index >= 15 is 0 Å². The van der Waals surface area contributed by atoms with Gasteiger partial charge in [-0.1, -0.05) is 48.5 Å². The number of aliphatic carboxylic acids is 1. The van der Waals surface area contributed by atoms with E-state index in [1.165, 1.54) is 7.11 Å². The maximum absolute atomic E-state index is 12.4. The first-order valence-electron chi connectivity index (χ1n) is 10.1. The van der Waals surface area contributed by atoms with Gasteiger partial charge in [-0.15, -0.1) is 0 Å². The van der Waals surface area contributed by atoms with E-state index in [0.29, 0.717) is 6.61 Å². The van der Waals surface area contributed by atoms with Gasteiger partial charge >= 0.3 is 12.1 Å². The predicted octanol–water partition coefficient (Wildman–Crippen LogP) is 2.52. The number of alkyl carbamates (subject to hydrolysis) is 1. The molecule has 0 saturated carbocycles. The number of benzene rings is 2. The molecule has 0 unspecified atom stereocenters. The largest absolute Gasteiger partial charge is 0.481 e. The van der Waals surface area contributed by atoms with Crippen molar-refractivity contribution in [1.82, 2.24) is 10.6 Å². The Morgan fingerprint density at radius 1 is 1.03 bits per heavy atom. The Kier molecular flexibility index (Phi) is 7.61. The molecular formula is C23H26N2O6. The van der Waals surface area contributed by atoms with Gasteiger partial charge in [0.2, 0.25) is 5.91 Å². The third-order valence-electron chi connectivity index (χ3n) is 5.20. The topological polar surface area (TPSA) is 114 Å². The fraction of sp³-hybridized carbons (Fsp3) is 0.348. The summed E-state index contributed by atoms with van der Waals surface area (Å²) in [5, 5.41) is 14.0. The highest BCUT2D eigenvalue weighted by Crippen LogP contribution is 2.44. The molecule has 8 nitrogen and oxygen atoms in total. The van der Waals surface area contributed by atoms with E-state index in [2.05, 4.69) is 10.6 Å². The Morgan fingerprint density at radius 3 is 2.23 bits per heavy atom. The second-order valence-electron chi connectivity index (χ2n) is 7.24. The Hall–Kier alpha value is -3.39. The lowest BCUT2D eigenvalue weighted by atomic mass is 9.98. The molecule has 0 radical (unpaired) electrons. The van der Waals surface area contributed by atoms with Crippen molar-refractivity contribution in [3.05, 3.63) is 59.7 Å². The number of hydrogen-bond acceptors (Lipinski definition) is 5. The summed E-state index contributed by atoms with van der Waals surface area (Å²) < 4.78 is 10.3. The first-order valence-corrected chi connectivity index (χ1v) is 10.1. The molecule has 0 saturated heterocycles. The molecule has 0 spiro atoms. The van der Waals surface area contributed by atoms with Gasteiger partial charge in [0.25, 0.3) is 0 Å². The lowest BCUT2D eigenvalue weighted by Crippen LogP contribution is -2.48. The molecule has 8 heteroatoms. The molecule has 0 aliphatic heterocycles. The highest BCUT2D eigenvalue weighted by molar-refractivity contribution is 5.86. The summed E-state index contributed by atoms with van der Waals surface area (Å²) in [7, 11) is 1.50. The molecule has 164 valence electrons. The summed E-state index contributed by atoms with van der Waals surface area (Å²) in [4.78, 5) is 35.7. The zero-order chi connectivity index (χ0) is 22.2. The minimum absolute atomic E-state index is 0.0433. The van der Waals surface area contributed by atoms with Crippen molar-refractivity contribution in [2.45, 2.75) is 24.8 Å². The van der Waals surface area contributed by atoms with Crippen LogP contribution in [0.1, 0.15) is 29.9 Å². The first kappa shape index (κ1) is 22.3. The highest BCUT2D eigenvalue weighted by Gasteiger charge is 2.29. The number of fused-ring (bicyclic) bond motifs is 3. The molecule has 31 heavy (non-hydrogen) atoms. The SMILES string of the molecule is COCCNC(=O)[C@H](CCC(=O)O)NC(=O)OCC1c2ccccc2-c2ccccc21. The molecule has 0 heterocycles. The van der Waals surface area contributed by atoms with Gasteiger partial charge in [0, 0.05) is 26.0 Å². The summed E-state index contributed by atoms with van der Waals surface area (Å²) in [6, 6.07) is 14.9. The van der Waals surface area contributed by atoms with Crippen LogP contribution < -0.4 is 10.6 Å². The monoisotopic (exact) mass is 426 g/mol. The fourth-order valence-electron chi connectivity index (χ4n) is 3.72. The van der Waals surface area contributed by atoms with Crippen LogP contribution in [0.2, 0.25) is 0 Å². The van der Waals surface area contributed by atoms with Gasteiger partial charge < -0.3 is 25.2 Å². The fourth-order valence-corrected chi connectivity index (χ4v) is 3.72. The summed E-state index contributed by atoms with van der Waals surface area (Å²) in [6.07, 6.45) is -1.07. The number of carbonyl (C=O) groups is 3.